The standard InChI is InChI=1S/C19H19NO5/c1-4-16(21)13-9-5-6-11-15(13)20-12-8-7-10-14(18(22)24-2)17(20)19(23)25-3/h5-12H,4H2,1-3H3. The molecule has 0 saturated heterocycles. The van der Waals surface area contributed by atoms with Crippen molar-refractivity contribution in [1.29, 1.82) is 0 Å². The van der Waals surface area contributed by atoms with Gasteiger partial charge in [-0.25, -0.2) is 9.59 Å². The molecule has 0 saturated carbocycles. The molecular weight excluding hydrogens is 322 g/mol. The first kappa shape index (κ1) is 18.2. The molecular formula is C19H19NO5. The predicted octanol–water partition coefficient (Wildman–Crippen LogP) is 2.77. The third-order valence-corrected chi connectivity index (χ3v) is 3.67. The van der Waals surface area contributed by atoms with Gasteiger partial charge in [0.15, 0.2) is 5.78 Å². The highest BCUT2D eigenvalue weighted by Gasteiger charge is 2.29. The molecule has 0 N–H and O–H groups in total. The Bertz CT molecular complexity index is 789. The van der Waals surface area contributed by atoms with Crippen LogP contribution in [0.1, 0.15) is 23.7 Å². The molecule has 0 aromatic heterocycles. The largest absolute Gasteiger partial charge is 0.465 e. The SMILES string of the molecule is CCC(=O)c1ccccc1N1C=CC=CC(C(=O)OC)=C1C(=O)OC. The van der Waals surface area contributed by atoms with E-state index in [1.165, 1.54) is 25.2 Å². The van der Waals surface area contributed by atoms with E-state index >= 15 is 0 Å². The Kier molecular flexibility index (Phi) is 5.89. The fourth-order valence-corrected chi connectivity index (χ4v) is 2.46. The zero-order valence-corrected chi connectivity index (χ0v) is 14.3. The van der Waals surface area contributed by atoms with Gasteiger partial charge < -0.3 is 14.4 Å². The molecule has 1 aromatic rings. The molecule has 0 radical (unpaired) electrons. The van der Waals surface area contributed by atoms with Crippen LogP contribution in [0.2, 0.25) is 0 Å². The topological polar surface area (TPSA) is 72.9 Å². The van der Waals surface area contributed by atoms with E-state index in [0.29, 0.717) is 17.7 Å². The highest BCUT2D eigenvalue weighted by atomic mass is 16.5. The Morgan fingerprint density at radius 3 is 2.32 bits per heavy atom. The molecule has 0 bridgehead atoms. The lowest BCUT2D eigenvalue weighted by Gasteiger charge is -2.25. The fraction of sp³-hybridized carbons (Fsp3) is 0.211. The Hall–Kier alpha value is -3.15. The summed E-state index contributed by atoms with van der Waals surface area (Å²) in [6.07, 6.45) is 6.65. The average molecular weight is 341 g/mol. The van der Waals surface area contributed by atoms with Crippen molar-refractivity contribution in [2.75, 3.05) is 19.1 Å². The average Bonchev–Trinajstić information content (AvgIpc) is 2.88. The summed E-state index contributed by atoms with van der Waals surface area (Å²) in [5, 5.41) is 0. The molecule has 6 nitrogen and oxygen atoms in total. The van der Waals surface area contributed by atoms with E-state index in [1.54, 1.807) is 49.5 Å². The molecule has 0 aliphatic carbocycles. The molecule has 1 aromatic carbocycles. The zero-order valence-electron chi connectivity index (χ0n) is 14.3. The van der Waals surface area contributed by atoms with E-state index in [-0.39, 0.29) is 17.1 Å². The highest BCUT2D eigenvalue weighted by molar-refractivity contribution is 6.08. The van der Waals surface area contributed by atoms with E-state index < -0.39 is 11.9 Å². The number of esters is 2. The van der Waals surface area contributed by atoms with E-state index in [4.69, 9.17) is 9.47 Å². The van der Waals surface area contributed by atoms with Crippen molar-refractivity contribution in [1.82, 2.24) is 0 Å². The van der Waals surface area contributed by atoms with Crippen molar-refractivity contribution in [2.45, 2.75) is 13.3 Å². The van der Waals surface area contributed by atoms with Crippen LogP contribution in [0.4, 0.5) is 5.69 Å². The van der Waals surface area contributed by atoms with Crippen molar-refractivity contribution in [2.24, 2.45) is 0 Å². The molecule has 2 rings (SSSR count). The smallest absolute Gasteiger partial charge is 0.355 e. The second kappa shape index (κ2) is 8.10. The second-order valence-electron chi connectivity index (χ2n) is 5.11. The fourth-order valence-electron chi connectivity index (χ4n) is 2.46. The molecule has 1 aliphatic heterocycles. The van der Waals surface area contributed by atoms with Gasteiger partial charge >= 0.3 is 11.9 Å². The van der Waals surface area contributed by atoms with E-state index in [9.17, 15) is 14.4 Å². The molecule has 25 heavy (non-hydrogen) atoms. The molecule has 0 unspecified atom stereocenters. The molecule has 1 heterocycles. The van der Waals surface area contributed by atoms with Crippen molar-refractivity contribution >= 4 is 23.4 Å². The molecule has 0 fully saturated rings. The van der Waals surface area contributed by atoms with Crippen LogP contribution in [-0.2, 0) is 19.1 Å². The van der Waals surface area contributed by atoms with Crippen LogP contribution in [0.15, 0.2) is 60.0 Å². The van der Waals surface area contributed by atoms with E-state index in [2.05, 4.69) is 0 Å². The summed E-state index contributed by atoms with van der Waals surface area (Å²) in [4.78, 5) is 38.3. The number of ketones is 1. The maximum atomic E-state index is 12.4. The number of carbonyl (C=O) groups excluding carboxylic acids is 3. The van der Waals surface area contributed by atoms with Gasteiger partial charge in [0.2, 0.25) is 0 Å². The van der Waals surface area contributed by atoms with Crippen LogP contribution in [0.25, 0.3) is 0 Å². The minimum atomic E-state index is -0.713. The summed E-state index contributed by atoms with van der Waals surface area (Å²) >= 11 is 0. The summed E-state index contributed by atoms with van der Waals surface area (Å²) in [6, 6.07) is 6.88. The Morgan fingerprint density at radius 1 is 1.00 bits per heavy atom. The van der Waals surface area contributed by atoms with Crippen molar-refractivity contribution < 1.29 is 23.9 Å². The van der Waals surface area contributed by atoms with E-state index in [1.807, 2.05) is 0 Å². The van der Waals surface area contributed by atoms with Crippen LogP contribution in [0.3, 0.4) is 0 Å². The van der Waals surface area contributed by atoms with Gasteiger partial charge in [-0.15, -0.1) is 0 Å². The minimum absolute atomic E-state index is 0.0179. The number of Topliss-reactive ketones (excluding diaryl/α,β-unsaturated/α-hetero) is 1. The molecule has 1 aliphatic rings. The maximum absolute atomic E-state index is 12.4. The van der Waals surface area contributed by atoms with Crippen LogP contribution >= 0.6 is 0 Å². The first-order chi connectivity index (χ1) is 12.0. The number of rotatable bonds is 5. The Morgan fingerprint density at radius 2 is 1.68 bits per heavy atom. The lowest BCUT2D eigenvalue weighted by atomic mass is 10.0. The predicted molar refractivity (Wildman–Crippen MR) is 92.9 cm³/mol. The van der Waals surface area contributed by atoms with Gasteiger partial charge in [0, 0.05) is 18.2 Å². The number of anilines is 1. The summed E-state index contributed by atoms with van der Waals surface area (Å²) in [6.45, 7) is 1.76. The number of para-hydroxylation sites is 1. The molecule has 0 atom stereocenters. The van der Waals surface area contributed by atoms with Gasteiger partial charge in [-0.2, -0.15) is 0 Å². The lowest BCUT2D eigenvalue weighted by Crippen LogP contribution is -2.28. The van der Waals surface area contributed by atoms with Gasteiger partial charge in [0.05, 0.1) is 25.5 Å². The second-order valence-corrected chi connectivity index (χ2v) is 5.11. The van der Waals surface area contributed by atoms with Crippen LogP contribution in [0, 0.1) is 0 Å². The number of nitrogens with zero attached hydrogens (tertiary/aromatic N) is 1. The van der Waals surface area contributed by atoms with Crippen LogP contribution in [0.5, 0.6) is 0 Å². The van der Waals surface area contributed by atoms with Gasteiger partial charge in [0.25, 0.3) is 0 Å². The minimum Gasteiger partial charge on any atom is -0.465 e. The van der Waals surface area contributed by atoms with Crippen molar-refractivity contribution in [3.05, 3.63) is 65.5 Å². The Balaban J connectivity index is 2.72. The Labute approximate surface area is 146 Å². The van der Waals surface area contributed by atoms with Gasteiger partial charge in [-0.1, -0.05) is 25.1 Å². The monoisotopic (exact) mass is 341 g/mol. The molecule has 0 amide bonds. The van der Waals surface area contributed by atoms with Crippen molar-refractivity contribution in [3.63, 3.8) is 0 Å². The summed E-state index contributed by atoms with van der Waals surface area (Å²) in [5.74, 6) is -1.47. The lowest BCUT2D eigenvalue weighted by molar-refractivity contribution is -0.139. The van der Waals surface area contributed by atoms with E-state index in [0.717, 1.165) is 0 Å². The zero-order chi connectivity index (χ0) is 18.4. The number of methoxy groups -OCH3 is 2. The quantitative estimate of drug-likeness (QED) is 0.606. The molecule has 0 spiro atoms. The van der Waals surface area contributed by atoms with Crippen molar-refractivity contribution in [3.8, 4) is 0 Å². The number of allylic oxidation sites excluding steroid dienone is 2. The maximum Gasteiger partial charge on any atom is 0.355 e. The summed E-state index contributed by atoms with van der Waals surface area (Å²) in [7, 11) is 2.46. The van der Waals surface area contributed by atoms with Gasteiger partial charge in [-0.05, 0) is 24.3 Å². The summed E-state index contributed by atoms with van der Waals surface area (Å²) in [5.41, 5.74) is 0.951. The van der Waals surface area contributed by atoms with Crippen LogP contribution < -0.4 is 4.90 Å². The third-order valence-electron chi connectivity index (χ3n) is 3.67. The normalized spacial score (nSPS) is 13.5. The number of hydrogen-bond donors (Lipinski definition) is 0. The third kappa shape index (κ3) is 3.68. The first-order valence-corrected chi connectivity index (χ1v) is 7.72. The molecule has 130 valence electrons. The highest BCUT2D eigenvalue weighted by Crippen LogP contribution is 2.29. The number of benzene rings is 1. The van der Waals surface area contributed by atoms with Gasteiger partial charge in [-0.3, -0.25) is 4.79 Å². The number of ether oxygens (including phenoxy) is 2. The summed E-state index contributed by atoms with van der Waals surface area (Å²) < 4.78 is 9.63. The number of hydrogen-bond acceptors (Lipinski definition) is 6. The molecule has 6 heteroatoms. The first-order valence-electron chi connectivity index (χ1n) is 7.72. The number of carbonyl (C=O) groups is 3. The van der Waals surface area contributed by atoms with Crippen LogP contribution in [-0.4, -0.2) is 31.9 Å². The van der Waals surface area contributed by atoms with Gasteiger partial charge in [0.1, 0.15) is 5.70 Å².